The summed E-state index contributed by atoms with van der Waals surface area (Å²) in [6.07, 6.45) is -0.171. The summed E-state index contributed by atoms with van der Waals surface area (Å²) < 4.78 is 26.4. The van der Waals surface area contributed by atoms with E-state index in [0.717, 1.165) is 6.07 Å². The van der Waals surface area contributed by atoms with Crippen LogP contribution in [0.2, 0.25) is 0 Å². The summed E-state index contributed by atoms with van der Waals surface area (Å²) in [5, 5.41) is 13.5. The number of nitro benzene ring substituents is 1. The molecule has 0 fully saturated rings. The highest BCUT2D eigenvalue weighted by molar-refractivity contribution is 7.89. The van der Waals surface area contributed by atoms with Gasteiger partial charge in [-0.1, -0.05) is 0 Å². The number of primary amides is 1. The quantitative estimate of drug-likeness (QED) is 0.483. The minimum absolute atomic E-state index is 0.171. The van der Waals surface area contributed by atoms with E-state index in [1.54, 1.807) is 0 Å². The molecule has 4 N–H and O–H groups in total. The summed E-state index contributed by atoms with van der Waals surface area (Å²) in [4.78, 5) is 20.7. The SMILES string of the molecule is CNc1ccc(S(=O)(=O)NC(C)CC(N)=O)cc1[N+](=O)[O-]. The average molecular weight is 316 g/mol. The smallest absolute Gasteiger partial charge is 0.293 e. The molecule has 0 radical (unpaired) electrons. The summed E-state index contributed by atoms with van der Waals surface area (Å²) in [7, 11) is -2.49. The Morgan fingerprint density at radius 1 is 1.48 bits per heavy atom. The number of amides is 1. The van der Waals surface area contributed by atoms with Gasteiger partial charge < -0.3 is 11.1 Å². The predicted molar refractivity (Wildman–Crippen MR) is 76.2 cm³/mol. The van der Waals surface area contributed by atoms with Crippen LogP contribution in [0.4, 0.5) is 11.4 Å². The number of nitrogens with zero attached hydrogens (tertiary/aromatic N) is 1. The van der Waals surface area contributed by atoms with E-state index in [9.17, 15) is 23.3 Å². The number of nitrogens with one attached hydrogen (secondary N) is 2. The number of carbonyl (C=O) groups is 1. The van der Waals surface area contributed by atoms with Crippen molar-refractivity contribution in [3.8, 4) is 0 Å². The van der Waals surface area contributed by atoms with Gasteiger partial charge in [-0.3, -0.25) is 14.9 Å². The van der Waals surface area contributed by atoms with Gasteiger partial charge >= 0.3 is 0 Å². The molecule has 0 aliphatic carbocycles. The lowest BCUT2D eigenvalue weighted by atomic mass is 10.2. The molecule has 1 unspecified atom stereocenters. The van der Waals surface area contributed by atoms with Gasteiger partial charge in [-0.2, -0.15) is 0 Å². The van der Waals surface area contributed by atoms with Gasteiger partial charge in [0, 0.05) is 25.6 Å². The highest BCUT2D eigenvalue weighted by Gasteiger charge is 2.23. The van der Waals surface area contributed by atoms with Crippen LogP contribution in [-0.4, -0.2) is 32.3 Å². The lowest BCUT2D eigenvalue weighted by Crippen LogP contribution is -2.35. The molecule has 0 bridgehead atoms. The number of sulfonamides is 1. The first-order valence-electron chi connectivity index (χ1n) is 5.94. The van der Waals surface area contributed by atoms with Gasteiger partial charge in [0.1, 0.15) is 5.69 Å². The predicted octanol–water partition coefficient (Wildman–Crippen LogP) is 0.179. The fourth-order valence-electron chi connectivity index (χ4n) is 1.72. The van der Waals surface area contributed by atoms with Crippen molar-refractivity contribution in [2.75, 3.05) is 12.4 Å². The topological polar surface area (TPSA) is 144 Å². The van der Waals surface area contributed by atoms with Crippen molar-refractivity contribution in [1.29, 1.82) is 0 Å². The van der Waals surface area contributed by atoms with Crippen LogP contribution in [0, 0.1) is 10.1 Å². The summed E-state index contributed by atoms with van der Waals surface area (Å²) in [5.41, 5.74) is 4.82. The van der Waals surface area contributed by atoms with Crippen LogP contribution in [-0.2, 0) is 14.8 Å². The summed E-state index contributed by atoms with van der Waals surface area (Å²) in [6, 6.07) is 2.77. The first-order chi connectivity index (χ1) is 9.67. The van der Waals surface area contributed by atoms with Crippen molar-refractivity contribution in [2.45, 2.75) is 24.3 Å². The third-order valence-corrected chi connectivity index (χ3v) is 4.20. The van der Waals surface area contributed by atoms with Gasteiger partial charge in [-0.25, -0.2) is 13.1 Å². The van der Waals surface area contributed by atoms with Crippen LogP contribution in [0.3, 0.4) is 0 Å². The average Bonchev–Trinajstić information content (AvgIpc) is 2.35. The van der Waals surface area contributed by atoms with Crippen molar-refractivity contribution in [3.63, 3.8) is 0 Å². The minimum Gasteiger partial charge on any atom is -0.383 e. The molecule has 0 saturated heterocycles. The second-order valence-corrected chi connectivity index (χ2v) is 6.09. The van der Waals surface area contributed by atoms with Crippen molar-refractivity contribution in [2.24, 2.45) is 5.73 Å². The normalized spacial score (nSPS) is 12.7. The molecule has 9 nitrogen and oxygen atoms in total. The Hall–Kier alpha value is -2.20. The first kappa shape index (κ1) is 16.9. The van der Waals surface area contributed by atoms with E-state index in [1.165, 1.54) is 26.1 Å². The number of benzene rings is 1. The molecule has 0 aliphatic heterocycles. The summed E-state index contributed by atoms with van der Waals surface area (Å²) in [6.45, 7) is 1.47. The Bertz CT molecular complexity index is 659. The molecule has 1 rings (SSSR count). The molecular formula is C11H16N4O5S. The Balaban J connectivity index is 3.12. The zero-order valence-electron chi connectivity index (χ0n) is 11.5. The fraction of sp³-hybridized carbons (Fsp3) is 0.364. The lowest BCUT2D eigenvalue weighted by Gasteiger charge is -2.13. The standard InChI is InChI=1S/C11H16N4O5S/c1-7(5-11(12)16)14-21(19,20)8-3-4-9(13-2)10(6-8)15(17)18/h3-4,6-7,13-14H,5H2,1-2H3,(H2,12,16). The summed E-state index contributed by atoms with van der Waals surface area (Å²) in [5.74, 6) is -0.651. The van der Waals surface area contributed by atoms with Gasteiger partial charge in [0.25, 0.3) is 5.69 Å². The maximum Gasteiger partial charge on any atom is 0.293 e. The molecule has 0 heterocycles. The van der Waals surface area contributed by atoms with E-state index in [-0.39, 0.29) is 22.7 Å². The van der Waals surface area contributed by atoms with E-state index < -0.39 is 26.9 Å². The van der Waals surface area contributed by atoms with Crippen LogP contribution in [0.5, 0.6) is 0 Å². The van der Waals surface area contributed by atoms with Crippen LogP contribution >= 0.6 is 0 Å². The minimum atomic E-state index is -3.98. The second kappa shape index (κ2) is 6.50. The maximum absolute atomic E-state index is 12.1. The van der Waals surface area contributed by atoms with Crippen molar-refractivity contribution in [1.82, 2.24) is 4.72 Å². The molecule has 1 atom stereocenters. The van der Waals surface area contributed by atoms with Crippen LogP contribution < -0.4 is 15.8 Å². The van der Waals surface area contributed by atoms with E-state index >= 15 is 0 Å². The van der Waals surface area contributed by atoms with E-state index in [2.05, 4.69) is 10.0 Å². The second-order valence-electron chi connectivity index (χ2n) is 4.38. The number of anilines is 1. The Kier molecular flexibility index (Phi) is 5.22. The molecule has 0 spiro atoms. The van der Waals surface area contributed by atoms with Crippen molar-refractivity contribution >= 4 is 27.3 Å². The highest BCUT2D eigenvalue weighted by atomic mass is 32.2. The molecule has 116 valence electrons. The molecular weight excluding hydrogens is 300 g/mol. The zero-order chi connectivity index (χ0) is 16.2. The Morgan fingerprint density at radius 3 is 2.57 bits per heavy atom. The van der Waals surface area contributed by atoms with Crippen LogP contribution in [0.15, 0.2) is 23.1 Å². The molecule has 21 heavy (non-hydrogen) atoms. The lowest BCUT2D eigenvalue weighted by molar-refractivity contribution is -0.384. The number of nitro groups is 1. The third kappa shape index (κ3) is 4.39. The Morgan fingerprint density at radius 2 is 2.10 bits per heavy atom. The van der Waals surface area contributed by atoms with Gasteiger partial charge in [0.2, 0.25) is 15.9 Å². The largest absolute Gasteiger partial charge is 0.383 e. The number of carbonyl (C=O) groups excluding carboxylic acids is 1. The van der Waals surface area contributed by atoms with Crippen LogP contribution in [0.1, 0.15) is 13.3 Å². The first-order valence-corrected chi connectivity index (χ1v) is 7.42. The van der Waals surface area contributed by atoms with Gasteiger partial charge in [0.15, 0.2) is 0 Å². The molecule has 0 saturated carbocycles. The van der Waals surface area contributed by atoms with Gasteiger partial charge in [-0.05, 0) is 19.1 Å². The fourth-order valence-corrected chi connectivity index (χ4v) is 2.98. The number of hydrogen-bond donors (Lipinski definition) is 3. The highest BCUT2D eigenvalue weighted by Crippen LogP contribution is 2.27. The zero-order valence-corrected chi connectivity index (χ0v) is 12.3. The van der Waals surface area contributed by atoms with Crippen molar-refractivity contribution in [3.05, 3.63) is 28.3 Å². The summed E-state index contributed by atoms with van der Waals surface area (Å²) >= 11 is 0. The number of rotatable bonds is 7. The van der Waals surface area contributed by atoms with E-state index in [1.807, 2.05) is 0 Å². The molecule has 1 amide bonds. The Labute approximate surface area is 121 Å². The van der Waals surface area contributed by atoms with Gasteiger partial charge in [0.05, 0.1) is 9.82 Å². The molecule has 0 aliphatic rings. The maximum atomic E-state index is 12.1. The van der Waals surface area contributed by atoms with Crippen LogP contribution in [0.25, 0.3) is 0 Å². The monoisotopic (exact) mass is 316 g/mol. The van der Waals surface area contributed by atoms with E-state index in [0.29, 0.717) is 0 Å². The number of hydrogen-bond acceptors (Lipinski definition) is 6. The third-order valence-electron chi connectivity index (χ3n) is 2.61. The van der Waals surface area contributed by atoms with Crippen molar-refractivity contribution < 1.29 is 18.1 Å². The molecule has 1 aromatic carbocycles. The van der Waals surface area contributed by atoms with Gasteiger partial charge in [-0.15, -0.1) is 0 Å². The number of nitrogens with two attached hydrogens (primary N) is 1. The molecule has 1 aromatic rings. The molecule has 10 heteroatoms. The van der Waals surface area contributed by atoms with E-state index in [4.69, 9.17) is 5.73 Å². The molecule has 0 aromatic heterocycles.